The SMILES string of the molecule is CCc1nn(C)cc1NC(=O)c1cccc(N)n1. The Morgan fingerprint density at radius 1 is 1.50 bits per heavy atom. The van der Waals surface area contributed by atoms with Gasteiger partial charge in [0.2, 0.25) is 0 Å². The molecule has 3 N–H and O–H groups in total. The van der Waals surface area contributed by atoms with Gasteiger partial charge in [0, 0.05) is 13.2 Å². The number of aromatic nitrogens is 3. The van der Waals surface area contributed by atoms with E-state index in [1.165, 1.54) is 0 Å². The van der Waals surface area contributed by atoms with Gasteiger partial charge in [-0.15, -0.1) is 0 Å². The normalized spacial score (nSPS) is 10.3. The van der Waals surface area contributed by atoms with E-state index in [9.17, 15) is 4.79 Å². The molecule has 0 unspecified atom stereocenters. The quantitative estimate of drug-likeness (QED) is 0.851. The van der Waals surface area contributed by atoms with E-state index >= 15 is 0 Å². The van der Waals surface area contributed by atoms with Gasteiger partial charge in [0.1, 0.15) is 11.5 Å². The molecule has 0 spiro atoms. The largest absolute Gasteiger partial charge is 0.384 e. The molecule has 6 heteroatoms. The Bertz CT molecular complexity index is 576. The summed E-state index contributed by atoms with van der Waals surface area (Å²) in [5, 5.41) is 7.04. The van der Waals surface area contributed by atoms with Gasteiger partial charge < -0.3 is 11.1 Å². The number of hydrogen-bond acceptors (Lipinski definition) is 4. The Morgan fingerprint density at radius 2 is 2.28 bits per heavy atom. The van der Waals surface area contributed by atoms with E-state index in [2.05, 4.69) is 15.4 Å². The molecule has 0 fully saturated rings. The summed E-state index contributed by atoms with van der Waals surface area (Å²) in [6, 6.07) is 4.95. The van der Waals surface area contributed by atoms with E-state index in [0.717, 1.165) is 12.1 Å². The lowest BCUT2D eigenvalue weighted by molar-refractivity contribution is 0.102. The highest BCUT2D eigenvalue weighted by atomic mass is 16.1. The van der Waals surface area contributed by atoms with Gasteiger partial charge in [-0.25, -0.2) is 4.98 Å². The molecule has 0 aliphatic heterocycles. The summed E-state index contributed by atoms with van der Waals surface area (Å²) >= 11 is 0. The van der Waals surface area contributed by atoms with Gasteiger partial charge in [0.25, 0.3) is 5.91 Å². The standard InChI is InChI=1S/C12H15N5O/c1-3-8-10(7-17(2)16-8)15-12(18)9-5-4-6-11(13)14-9/h4-7H,3H2,1-2H3,(H2,13,14)(H,15,18). The Kier molecular flexibility index (Phi) is 3.27. The van der Waals surface area contributed by atoms with E-state index in [1.807, 2.05) is 14.0 Å². The summed E-state index contributed by atoms with van der Waals surface area (Å²) in [5.74, 6) is 0.0366. The van der Waals surface area contributed by atoms with Crippen LogP contribution in [-0.4, -0.2) is 20.7 Å². The molecular weight excluding hydrogens is 230 g/mol. The second-order valence-corrected chi connectivity index (χ2v) is 3.92. The first-order chi connectivity index (χ1) is 8.60. The van der Waals surface area contributed by atoms with Crippen molar-refractivity contribution in [1.82, 2.24) is 14.8 Å². The summed E-state index contributed by atoms with van der Waals surface area (Å²) < 4.78 is 1.67. The molecule has 18 heavy (non-hydrogen) atoms. The van der Waals surface area contributed by atoms with E-state index < -0.39 is 0 Å². The third-order valence-corrected chi connectivity index (χ3v) is 2.49. The minimum absolute atomic E-state index is 0.287. The maximum Gasteiger partial charge on any atom is 0.274 e. The van der Waals surface area contributed by atoms with Crippen LogP contribution in [0.2, 0.25) is 0 Å². The number of anilines is 2. The molecule has 0 radical (unpaired) electrons. The third kappa shape index (κ3) is 2.48. The van der Waals surface area contributed by atoms with Crippen LogP contribution in [0.4, 0.5) is 11.5 Å². The summed E-state index contributed by atoms with van der Waals surface area (Å²) in [6.07, 6.45) is 2.52. The highest BCUT2D eigenvalue weighted by Gasteiger charge is 2.12. The van der Waals surface area contributed by atoms with Gasteiger partial charge in [-0.2, -0.15) is 5.10 Å². The van der Waals surface area contributed by atoms with Crippen molar-refractivity contribution in [2.45, 2.75) is 13.3 Å². The van der Waals surface area contributed by atoms with Gasteiger partial charge in [-0.1, -0.05) is 13.0 Å². The predicted octanol–water partition coefficient (Wildman–Crippen LogP) is 1.21. The van der Waals surface area contributed by atoms with Crippen LogP contribution in [0, 0.1) is 0 Å². The summed E-state index contributed by atoms with van der Waals surface area (Å²) in [7, 11) is 1.81. The van der Waals surface area contributed by atoms with Gasteiger partial charge >= 0.3 is 0 Å². The van der Waals surface area contributed by atoms with Crippen LogP contribution in [0.15, 0.2) is 24.4 Å². The van der Waals surface area contributed by atoms with Crippen molar-refractivity contribution in [1.29, 1.82) is 0 Å². The average Bonchev–Trinajstić information content (AvgIpc) is 2.69. The molecule has 0 aromatic carbocycles. The average molecular weight is 245 g/mol. The molecule has 0 aliphatic rings. The Hall–Kier alpha value is -2.37. The van der Waals surface area contributed by atoms with Crippen LogP contribution in [0.3, 0.4) is 0 Å². The molecule has 2 heterocycles. The van der Waals surface area contributed by atoms with Gasteiger partial charge in [0.15, 0.2) is 0 Å². The maximum absolute atomic E-state index is 12.0. The molecule has 2 aromatic rings. The molecule has 2 aromatic heterocycles. The van der Waals surface area contributed by atoms with Crippen LogP contribution in [0.5, 0.6) is 0 Å². The first-order valence-corrected chi connectivity index (χ1v) is 5.66. The number of nitrogen functional groups attached to an aromatic ring is 1. The maximum atomic E-state index is 12.0. The van der Waals surface area contributed by atoms with Crippen molar-refractivity contribution < 1.29 is 4.79 Å². The lowest BCUT2D eigenvalue weighted by Gasteiger charge is -2.04. The first kappa shape index (κ1) is 12.1. The van der Waals surface area contributed by atoms with Crippen molar-refractivity contribution in [3.8, 4) is 0 Å². The van der Waals surface area contributed by atoms with E-state index in [0.29, 0.717) is 17.2 Å². The predicted molar refractivity (Wildman–Crippen MR) is 69.2 cm³/mol. The first-order valence-electron chi connectivity index (χ1n) is 5.66. The molecule has 2 rings (SSSR count). The van der Waals surface area contributed by atoms with E-state index in [4.69, 9.17) is 5.73 Å². The molecule has 94 valence electrons. The smallest absolute Gasteiger partial charge is 0.274 e. The minimum atomic E-state index is -0.287. The van der Waals surface area contributed by atoms with Crippen molar-refractivity contribution >= 4 is 17.4 Å². The van der Waals surface area contributed by atoms with Crippen LogP contribution < -0.4 is 11.1 Å². The molecule has 0 bridgehead atoms. The monoisotopic (exact) mass is 245 g/mol. The number of rotatable bonds is 3. The van der Waals surface area contributed by atoms with Gasteiger partial charge in [-0.3, -0.25) is 9.48 Å². The van der Waals surface area contributed by atoms with Crippen LogP contribution in [-0.2, 0) is 13.5 Å². The van der Waals surface area contributed by atoms with E-state index in [-0.39, 0.29) is 5.91 Å². The number of nitrogens with one attached hydrogen (secondary N) is 1. The lowest BCUT2D eigenvalue weighted by Crippen LogP contribution is -2.14. The zero-order valence-electron chi connectivity index (χ0n) is 10.3. The van der Waals surface area contributed by atoms with Crippen molar-refractivity contribution in [2.24, 2.45) is 7.05 Å². The summed E-state index contributed by atoms with van der Waals surface area (Å²) in [6.45, 7) is 1.98. The summed E-state index contributed by atoms with van der Waals surface area (Å²) in [5.41, 5.74) is 7.38. The van der Waals surface area contributed by atoms with Crippen LogP contribution >= 0.6 is 0 Å². The fourth-order valence-corrected chi connectivity index (χ4v) is 1.66. The topological polar surface area (TPSA) is 85.8 Å². The Balaban J connectivity index is 2.21. The number of hydrogen-bond donors (Lipinski definition) is 2. The molecule has 0 atom stereocenters. The Morgan fingerprint density at radius 3 is 2.94 bits per heavy atom. The fraction of sp³-hybridized carbons (Fsp3) is 0.250. The van der Waals surface area contributed by atoms with Crippen LogP contribution in [0.25, 0.3) is 0 Å². The number of pyridine rings is 1. The van der Waals surface area contributed by atoms with Crippen LogP contribution in [0.1, 0.15) is 23.1 Å². The number of nitrogens with zero attached hydrogens (tertiary/aromatic N) is 3. The minimum Gasteiger partial charge on any atom is -0.384 e. The molecule has 0 saturated carbocycles. The second kappa shape index (κ2) is 4.87. The van der Waals surface area contributed by atoms with Gasteiger partial charge in [0.05, 0.1) is 11.4 Å². The number of carbonyl (C=O) groups excluding carboxylic acids is 1. The van der Waals surface area contributed by atoms with Gasteiger partial charge in [-0.05, 0) is 18.6 Å². The zero-order valence-corrected chi connectivity index (χ0v) is 10.3. The summed E-state index contributed by atoms with van der Waals surface area (Å²) in [4.78, 5) is 15.9. The molecule has 0 saturated heterocycles. The number of carbonyl (C=O) groups is 1. The lowest BCUT2D eigenvalue weighted by atomic mass is 10.3. The fourth-order valence-electron chi connectivity index (χ4n) is 1.66. The second-order valence-electron chi connectivity index (χ2n) is 3.92. The third-order valence-electron chi connectivity index (χ3n) is 2.49. The molecule has 0 aliphatic carbocycles. The highest BCUT2D eigenvalue weighted by molar-refractivity contribution is 6.03. The Labute approximate surface area is 105 Å². The molecular formula is C12H15N5O. The number of nitrogens with two attached hydrogens (primary N) is 1. The molecule has 1 amide bonds. The van der Waals surface area contributed by atoms with E-state index in [1.54, 1.807) is 29.1 Å². The van der Waals surface area contributed by atoms with Crippen molar-refractivity contribution in [2.75, 3.05) is 11.1 Å². The van der Waals surface area contributed by atoms with Crippen molar-refractivity contribution in [3.05, 3.63) is 35.8 Å². The highest BCUT2D eigenvalue weighted by Crippen LogP contribution is 2.14. The molecule has 6 nitrogen and oxygen atoms in total. The zero-order chi connectivity index (χ0) is 13.1. The van der Waals surface area contributed by atoms with Crippen molar-refractivity contribution in [3.63, 3.8) is 0 Å². The number of amides is 1. The number of aryl methyl sites for hydroxylation is 2.